The van der Waals surface area contributed by atoms with Crippen molar-refractivity contribution < 1.29 is 14.3 Å². The van der Waals surface area contributed by atoms with Gasteiger partial charge in [-0.2, -0.15) is 0 Å². The van der Waals surface area contributed by atoms with E-state index in [9.17, 15) is 4.79 Å². The number of piperidine rings is 1. The van der Waals surface area contributed by atoms with Crippen molar-refractivity contribution in [1.82, 2.24) is 10.6 Å². The van der Waals surface area contributed by atoms with E-state index in [4.69, 9.17) is 9.47 Å². The van der Waals surface area contributed by atoms with Gasteiger partial charge in [0.2, 0.25) is 0 Å². The monoisotopic (exact) mass is 320 g/mol. The van der Waals surface area contributed by atoms with Crippen molar-refractivity contribution in [2.24, 2.45) is 0 Å². The molecule has 128 valence electrons. The maximum Gasteiger partial charge on any atom is 0.252 e. The highest BCUT2D eigenvalue weighted by atomic mass is 16.5. The Balaban J connectivity index is 2.00. The molecule has 2 rings (SSSR count). The summed E-state index contributed by atoms with van der Waals surface area (Å²) >= 11 is 0. The molecule has 0 aromatic heterocycles. The molecule has 5 heteroatoms. The molecule has 23 heavy (non-hydrogen) atoms. The summed E-state index contributed by atoms with van der Waals surface area (Å²) in [4.78, 5) is 12.7. The molecule has 1 unspecified atom stereocenters. The molecule has 1 heterocycles. The molecule has 2 N–H and O–H groups in total. The van der Waals surface area contributed by atoms with E-state index >= 15 is 0 Å². The lowest BCUT2D eigenvalue weighted by molar-refractivity contribution is -0.147. The molecule has 0 spiro atoms. The van der Waals surface area contributed by atoms with Crippen molar-refractivity contribution in [2.45, 2.75) is 51.4 Å². The van der Waals surface area contributed by atoms with Crippen LogP contribution in [0.25, 0.3) is 0 Å². The fourth-order valence-electron chi connectivity index (χ4n) is 2.87. The lowest BCUT2D eigenvalue weighted by atomic mass is 9.90. The van der Waals surface area contributed by atoms with Gasteiger partial charge in [0, 0.05) is 7.11 Å². The number of hydrogen-bond acceptors (Lipinski definition) is 4. The van der Waals surface area contributed by atoms with Gasteiger partial charge in [-0.25, -0.2) is 0 Å². The van der Waals surface area contributed by atoms with Gasteiger partial charge in [-0.1, -0.05) is 12.1 Å². The van der Waals surface area contributed by atoms with E-state index in [0.29, 0.717) is 12.8 Å². The number of amides is 1. The van der Waals surface area contributed by atoms with Crippen LogP contribution >= 0.6 is 0 Å². The van der Waals surface area contributed by atoms with E-state index < -0.39 is 5.60 Å². The van der Waals surface area contributed by atoms with Gasteiger partial charge in [-0.15, -0.1) is 0 Å². The van der Waals surface area contributed by atoms with Crippen LogP contribution in [-0.4, -0.2) is 37.8 Å². The number of benzene rings is 1. The predicted molar refractivity (Wildman–Crippen MR) is 90.6 cm³/mol. The van der Waals surface area contributed by atoms with Gasteiger partial charge in [-0.3, -0.25) is 4.79 Å². The summed E-state index contributed by atoms with van der Waals surface area (Å²) < 4.78 is 11.2. The van der Waals surface area contributed by atoms with Crippen LogP contribution in [0.15, 0.2) is 24.3 Å². The second-order valence-electron chi connectivity index (χ2n) is 6.38. The van der Waals surface area contributed by atoms with Gasteiger partial charge in [0.25, 0.3) is 5.91 Å². The summed E-state index contributed by atoms with van der Waals surface area (Å²) in [6.07, 6.45) is 1.55. The molecule has 1 saturated heterocycles. The molecule has 0 radical (unpaired) electrons. The predicted octanol–water partition coefficient (Wildman–Crippen LogP) is 2.42. The third-order valence-electron chi connectivity index (χ3n) is 4.32. The summed E-state index contributed by atoms with van der Waals surface area (Å²) in [5.41, 5.74) is 0.342. The molecule has 0 aliphatic carbocycles. The van der Waals surface area contributed by atoms with E-state index in [1.165, 1.54) is 0 Å². The van der Waals surface area contributed by atoms with Crippen molar-refractivity contribution >= 4 is 5.91 Å². The van der Waals surface area contributed by atoms with E-state index in [0.717, 1.165) is 24.4 Å². The third kappa shape index (κ3) is 4.45. The van der Waals surface area contributed by atoms with Crippen molar-refractivity contribution in [3.8, 4) is 5.75 Å². The summed E-state index contributed by atoms with van der Waals surface area (Å²) in [5.74, 6) is 0.811. The third-order valence-corrected chi connectivity index (χ3v) is 4.32. The molecule has 1 fully saturated rings. The Morgan fingerprint density at radius 3 is 2.30 bits per heavy atom. The van der Waals surface area contributed by atoms with Crippen molar-refractivity contribution in [3.63, 3.8) is 0 Å². The highest BCUT2D eigenvalue weighted by Gasteiger charge is 2.40. The normalized spacial score (nSPS) is 18.5. The van der Waals surface area contributed by atoms with Gasteiger partial charge in [0.15, 0.2) is 0 Å². The lowest BCUT2D eigenvalue weighted by Gasteiger charge is -2.35. The molecule has 1 atom stereocenters. The first-order valence-corrected chi connectivity index (χ1v) is 8.30. The molecule has 1 aliphatic rings. The van der Waals surface area contributed by atoms with Crippen LogP contribution in [0.4, 0.5) is 0 Å². The molecule has 1 aromatic carbocycles. The van der Waals surface area contributed by atoms with Gasteiger partial charge in [0.05, 0.1) is 12.1 Å². The summed E-state index contributed by atoms with van der Waals surface area (Å²) in [7, 11) is 1.62. The van der Waals surface area contributed by atoms with E-state index in [1.807, 2.05) is 45.0 Å². The van der Waals surface area contributed by atoms with Crippen LogP contribution in [0.2, 0.25) is 0 Å². The quantitative estimate of drug-likeness (QED) is 0.845. The Bertz CT molecular complexity index is 508. The fourth-order valence-corrected chi connectivity index (χ4v) is 2.87. The average Bonchev–Trinajstić information content (AvgIpc) is 2.55. The molecule has 1 aliphatic heterocycles. The minimum atomic E-state index is -0.708. The topological polar surface area (TPSA) is 59.6 Å². The van der Waals surface area contributed by atoms with Gasteiger partial charge < -0.3 is 20.1 Å². The summed E-state index contributed by atoms with van der Waals surface area (Å²) in [5, 5.41) is 6.35. The smallest absolute Gasteiger partial charge is 0.252 e. The van der Waals surface area contributed by atoms with Crippen molar-refractivity contribution in [2.75, 3.05) is 20.2 Å². The number of rotatable bonds is 6. The Labute approximate surface area is 138 Å². The lowest BCUT2D eigenvalue weighted by Crippen LogP contribution is -2.54. The molecular weight excluding hydrogens is 292 g/mol. The first-order valence-electron chi connectivity index (χ1n) is 8.30. The zero-order valence-corrected chi connectivity index (χ0v) is 14.5. The van der Waals surface area contributed by atoms with Gasteiger partial charge >= 0.3 is 0 Å². The van der Waals surface area contributed by atoms with Gasteiger partial charge in [-0.05, 0) is 64.4 Å². The molecule has 1 amide bonds. The first kappa shape index (κ1) is 17.8. The van der Waals surface area contributed by atoms with Crippen LogP contribution in [0, 0.1) is 0 Å². The molecule has 1 aromatic rings. The number of carbonyl (C=O) groups excluding carboxylic acids is 1. The highest BCUT2D eigenvalue weighted by Crippen LogP contribution is 2.25. The Hall–Kier alpha value is -1.59. The number of hydrogen-bond donors (Lipinski definition) is 2. The summed E-state index contributed by atoms with van der Waals surface area (Å²) in [6.45, 7) is 7.59. The van der Waals surface area contributed by atoms with Crippen LogP contribution < -0.4 is 15.4 Å². The first-order chi connectivity index (χ1) is 11.0. The minimum absolute atomic E-state index is 0.0310. The molecule has 5 nitrogen and oxygen atoms in total. The maximum absolute atomic E-state index is 12.7. The average molecular weight is 320 g/mol. The van der Waals surface area contributed by atoms with Crippen molar-refractivity contribution in [3.05, 3.63) is 29.8 Å². The second kappa shape index (κ2) is 7.79. The zero-order valence-electron chi connectivity index (χ0n) is 14.5. The largest absolute Gasteiger partial charge is 0.491 e. The fraction of sp³-hybridized carbons (Fsp3) is 0.611. The van der Waals surface area contributed by atoms with Crippen LogP contribution in [0.5, 0.6) is 5.75 Å². The van der Waals surface area contributed by atoms with Crippen molar-refractivity contribution in [1.29, 1.82) is 0 Å². The van der Waals surface area contributed by atoms with E-state index in [1.54, 1.807) is 7.11 Å². The Morgan fingerprint density at radius 1 is 1.17 bits per heavy atom. The molecule has 0 saturated carbocycles. The highest BCUT2D eigenvalue weighted by molar-refractivity contribution is 5.85. The Kier molecular flexibility index (Phi) is 6.02. The number of methoxy groups -OCH3 is 1. The molecular formula is C18H28N2O3. The number of carbonyl (C=O) groups is 1. The van der Waals surface area contributed by atoms with Gasteiger partial charge in [0.1, 0.15) is 11.4 Å². The number of ether oxygens (including phenoxy) is 2. The summed E-state index contributed by atoms with van der Waals surface area (Å²) in [6, 6.07) is 7.79. The maximum atomic E-state index is 12.7. The Morgan fingerprint density at radius 2 is 1.78 bits per heavy atom. The minimum Gasteiger partial charge on any atom is -0.491 e. The van der Waals surface area contributed by atoms with E-state index in [-0.39, 0.29) is 18.1 Å². The second-order valence-corrected chi connectivity index (χ2v) is 6.38. The van der Waals surface area contributed by atoms with Crippen LogP contribution in [0.3, 0.4) is 0 Å². The zero-order chi connectivity index (χ0) is 16.9. The van der Waals surface area contributed by atoms with E-state index in [2.05, 4.69) is 10.6 Å². The SMILES string of the molecule is COC1(C(=O)NC(C)c2ccc(OC(C)C)cc2)CCNCC1. The van der Waals surface area contributed by atoms with Crippen LogP contribution in [0.1, 0.15) is 45.2 Å². The standard InChI is InChI=1S/C18H28N2O3/c1-13(2)23-16-7-5-15(6-8-16)14(3)20-17(21)18(22-4)9-11-19-12-10-18/h5-8,13-14,19H,9-12H2,1-4H3,(H,20,21). The molecule has 0 bridgehead atoms. The van der Waals surface area contributed by atoms with Crippen LogP contribution in [-0.2, 0) is 9.53 Å². The number of nitrogens with one attached hydrogen (secondary N) is 2.